The zero-order chi connectivity index (χ0) is 17.9. The number of nitro benzene ring substituents is 1. The molecular formula is C18H17NO5. The van der Waals surface area contributed by atoms with Crippen LogP contribution in [0.15, 0.2) is 36.4 Å². The topological polar surface area (TPSA) is 86.5 Å². The van der Waals surface area contributed by atoms with Crippen molar-refractivity contribution in [2.45, 2.75) is 20.8 Å². The molecule has 0 atom stereocenters. The number of aryl methyl sites for hydroxylation is 3. The lowest BCUT2D eigenvalue weighted by Gasteiger charge is -2.08. The van der Waals surface area contributed by atoms with E-state index in [1.54, 1.807) is 26.0 Å². The first-order chi connectivity index (χ1) is 11.3. The number of carbonyl (C=O) groups is 2. The summed E-state index contributed by atoms with van der Waals surface area (Å²) in [5.41, 5.74) is 2.53. The number of nitro groups is 1. The number of rotatable bonds is 5. The highest BCUT2D eigenvalue weighted by atomic mass is 16.6. The quantitative estimate of drug-likeness (QED) is 0.363. The van der Waals surface area contributed by atoms with Gasteiger partial charge in [0.05, 0.1) is 10.5 Å². The normalized spacial score (nSPS) is 10.3. The molecule has 0 aliphatic heterocycles. The van der Waals surface area contributed by atoms with Gasteiger partial charge >= 0.3 is 5.97 Å². The maximum Gasteiger partial charge on any atom is 0.338 e. The largest absolute Gasteiger partial charge is 0.454 e. The zero-order valence-corrected chi connectivity index (χ0v) is 13.7. The second kappa shape index (κ2) is 7.04. The van der Waals surface area contributed by atoms with Gasteiger partial charge in [-0.25, -0.2) is 4.79 Å². The number of esters is 1. The Kier molecular flexibility index (Phi) is 5.08. The smallest absolute Gasteiger partial charge is 0.338 e. The summed E-state index contributed by atoms with van der Waals surface area (Å²) >= 11 is 0. The van der Waals surface area contributed by atoms with E-state index in [0.29, 0.717) is 11.1 Å². The van der Waals surface area contributed by atoms with Crippen LogP contribution in [0.5, 0.6) is 0 Å². The van der Waals surface area contributed by atoms with Crippen molar-refractivity contribution in [2.24, 2.45) is 0 Å². The van der Waals surface area contributed by atoms with E-state index in [2.05, 4.69) is 0 Å². The highest BCUT2D eigenvalue weighted by Crippen LogP contribution is 2.20. The molecule has 0 saturated heterocycles. The third kappa shape index (κ3) is 3.84. The van der Waals surface area contributed by atoms with Gasteiger partial charge in [0.1, 0.15) is 0 Å². The molecule has 2 aromatic rings. The Hall–Kier alpha value is -3.02. The monoisotopic (exact) mass is 327 g/mol. The molecule has 0 aliphatic rings. The van der Waals surface area contributed by atoms with Crippen LogP contribution in [0.2, 0.25) is 0 Å². The molecule has 6 heteroatoms. The van der Waals surface area contributed by atoms with Crippen LogP contribution >= 0.6 is 0 Å². The second-order valence-electron chi connectivity index (χ2n) is 5.58. The molecule has 0 aromatic heterocycles. The van der Waals surface area contributed by atoms with Crippen LogP contribution < -0.4 is 0 Å². The molecule has 0 aliphatic carbocycles. The van der Waals surface area contributed by atoms with Crippen molar-refractivity contribution in [1.82, 2.24) is 0 Å². The highest BCUT2D eigenvalue weighted by Gasteiger charge is 2.17. The molecule has 0 saturated carbocycles. The summed E-state index contributed by atoms with van der Waals surface area (Å²) in [5.74, 6) is -1.08. The fourth-order valence-electron chi connectivity index (χ4n) is 2.23. The summed E-state index contributed by atoms with van der Waals surface area (Å²) in [4.78, 5) is 34.6. The van der Waals surface area contributed by atoms with E-state index in [1.165, 1.54) is 18.2 Å². The predicted octanol–water partition coefficient (Wildman–Crippen LogP) is 3.56. The first-order valence-corrected chi connectivity index (χ1v) is 7.32. The lowest BCUT2D eigenvalue weighted by Crippen LogP contribution is -2.15. The van der Waals surface area contributed by atoms with Gasteiger partial charge < -0.3 is 4.74 Å². The number of ketones is 1. The average Bonchev–Trinajstić information content (AvgIpc) is 2.54. The van der Waals surface area contributed by atoms with Crippen molar-refractivity contribution in [1.29, 1.82) is 0 Å². The van der Waals surface area contributed by atoms with Crippen LogP contribution in [0.1, 0.15) is 37.4 Å². The van der Waals surface area contributed by atoms with E-state index in [4.69, 9.17) is 4.74 Å². The van der Waals surface area contributed by atoms with E-state index in [-0.39, 0.29) is 11.3 Å². The minimum atomic E-state index is -0.592. The van der Waals surface area contributed by atoms with Gasteiger partial charge in [-0.05, 0) is 32.4 Å². The molecule has 2 rings (SSSR count). The Bertz CT molecular complexity index is 826. The molecule has 124 valence electrons. The fourth-order valence-corrected chi connectivity index (χ4v) is 2.23. The molecule has 0 radical (unpaired) electrons. The van der Waals surface area contributed by atoms with Crippen molar-refractivity contribution < 1.29 is 19.2 Å². The van der Waals surface area contributed by atoms with Crippen molar-refractivity contribution >= 4 is 17.4 Å². The van der Waals surface area contributed by atoms with Crippen molar-refractivity contribution in [3.8, 4) is 0 Å². The number of benzene rings is 2. The Morgan fingerprint density at radius 1 is 1.04 bits per heavy atom. The van der Waals surface area contributed by atoms with Gasteiger partial charge in [-0.15, -0.1) is 0 Å². The number of hydrogen-bond donors (Lipinski definition) is 0. The number of nitrogens with zero attached hydrogens (tertiary/aromatic N) is 1. The number of carbonyl (C=O) groups excluding carboxylic acids is 2. The molecule has 6 nitrogen and oxygen atoms in total. The van der Waals surface area contributed by atoms with Gasteiger partial charge in [-0.2, -0.15) is 0 Å². The molecule has 0 bridgehead atoms. The summed E-state index contributed by atoms with van der Waals surface area (Å²) in [6, 6.07) is 9.55. The third-order valence-electron chi connectivity index (χ3n) is 3.68. The van der Waals surface area contributed by atoms with Crippen LogP contribution in [0.4, 0.5) is 5.69 Å². The van der Waals surface area contributed by atoms with Gasteiger partial charge in [0.25, 0.3) is 5.69 Å². The molecule has 0 fully saturated rings. The standard InChI is InChI=1S/C18H17NO5/c1-11-4-5-12(2)15(8-11)18(21)24-10-17(20)14-7-6-13(3)16(9-14)19(22)23/h4-9H,10H2,1-3H3. The van der Waals surface area contributed by atoms with E-state index in [0.717, 1.165) is 11.1 Å². The molecule has 24 heavy (non-hydrogen) atoms. The predicted molar refractivity (Wildman–Crippen MR) is 88.4 cm³/mol. The summed E-state index contributed by atoms with van der Waals surface area (Å²) in [6.45, 7) is 4.76. The number of ether oxygens (including phenoxy) is 1. The van der Waals surface area contributed by atoms with E-state index in [1.807, 2.05) is 13.0 Å². The molecule has 0 N–H and O–H groups in total. The number of Topliss-reactive ketones (excluding diaryl/α,β-unsaturated/α-hetero) is 1. The molecule has 0 spiro atoms. The molecular weight excluding hydrogens is 310 g/mol. The first-order valence-electron chi connectivity index (χ1n) is 7.32. The maximum atomic E-state index is 12.1. The molecule has 0 amide bonds. The van der Waals surface area contributed by atoms with Crippen LogP contribution in [0.3, 0.4) is 0 Å². The summed E-state index contributed by atoms with van der Waals surface area (Å²) in [5, 5.41) is 10.9. The van der Waals surface area contributed by atoms with Crippen LogP contribution in [-0.4, -0.2) is 23.3 Å². The van der Waals surface area contributed by atoms with Crippen LogP contribution in [0.25, 0.3) is 0 Å². The van der Waals surface area contributed by atoms with Crippen molar-refractivity contribution in [3.63, 3.8) is 0 Å². The Labute approximate surface area is 139 Å². The first kappa shape index (κ1) is 17.3. The maximum absolute atomic E-state index is 12.1. The summed E-state index contributed by atoms with van der Waals surface area (Å²) in [6.07, 6.45) is 0. The lowest BCUT2D eigenvalue weighted by molar-refractivity contribution is -0.385. The van der Waals surface area contributed by atoms with Crippen molar-refractivity contribution in [3.05, 3.63) is 74.3 Å². The van der Waals surface area contributed by atoms with Gasteiger partial charge in [-0.3, -0.25) is 14.9 Å². The lowest BCUT2D eigenvalue weighted by atomic mass is 10.1. The number of hydrogen-bond acceptors (Lipinski definition) is 5. The minimum Gasteiger partial charge on any atom is -0.454 e. The highest BCUT2D eigenvalue weighted by molar-refractivity contribution is 6.00. The third-order valence-corrected chi connectivity index (χ3v) is 3.68. The average molecular weight is 327 g/mol. The van der Waals surface area contributed by atoms with Gasteiger partial charge in [0.2, 0.25) is 5.78 Å². The summed E-state index contributed by atoms with van der Waals surface area (Å²) in [7, 11) is 0. The van der Waals surface area contributed by atoms with Gasteiger partial charge in [0, 0.05) is 17.2 Å². The molecule has 2 aromatic carbocycles. The van der Waals surface area contributed by atoms with Crippen LogP contribution in [0, 0.1) is 30.9 Å². The summed E-state index contributed by atoms with van der Waals surface area (Å²) < 4.78 is 5.05. The van der Waals surface area contributed by atoms with E-state index >= 15 is 0 Å². The Morgan fingerprint density at radius 2 is 1.71 bits per heavy atom. The van der Waals surface area contributed by atoms with Crippen molar-refractivity contribution in [2.75, 3.05) is 6.61 Å². The molecule has 0 heterocycles. The zero-order valence-electron chi connectivity index (χ0n) is 13.7. The fraction of sp³-hybridized carbons (Fsp3) is 0.222. The van der Waals surface area contributed by atoms with E-state index in [9.17, 15) is 19.7 Å². The van der Waals surface area contributed by atoms with E-state index < -0.39 is 23.3 Å². The molecule has 0 unspecified atom stereocenters. The second-order valence-corrected chi connectivity index (χ2v) is 5.58. The Balaban J connectivity index is 2.10. The van der Waals surface area contributed by atoms with Gasteiger partial charge in [0.15, 0.2) is 6.61 Å². The minimum absolute atomic E-state index is 0.137. The van der Waals surface area contributed by atoms with Gasteiger partial charge in [-0.1, -0.05) is 29.8 Å². The van der Waals surface area contributed by atoms with Crippen LogP contribution in [-0.2, 0) is 4.74 Å². The SMILES string of the molecule is Cc1ccc(C)c(C(=O)OCC(=O)c2ccc(C)c([N+](=O)[O-])c2)c1. The Morgan fingerprint density at radius 3 is 2.38 bits per heavy atom.